The van der Waals surface area contributed by atoms with Gasteiger partial charge >= 0.3 is 7.25 Å². The smallest absolute Gasteiger partial charge is 0.418 e. The van der Waals surface area contributed by atoms with E-state index in [1.165, 1.54) is 57.9 Å². The van der Waals surface area contributed by atoms with Gasteiger partial charge in [0.2, 0.25) is 6.33 Å². The molecule has 0 saturated carbocycles. The largest absolute Gasteiger partial charge is 0.673 e. The van der Waals surface area contributed by atoms with Gasteiger partial charge in [0, 0.05) is 0 Å². The van der Waals surface area contributed by atoms with Crippen LogP contribution in [0.5, 0.6) is 0 Å². The molecule has 7 heteroatoms. The van der Waals surface area contributed by atoms with Crippen LogP contribution in [0, 0.1) is 0 Å². The number of hydrogen-bond acceptors (Lipinski definition) is 0. The van der Waals surface area contributed by atoms with Gasteiger partial charge in [0.1, 0.15) is 12.4 Å². The Morgan fingerprint density at radius 2 is 1.40 bits per heavy atom. The molecule has 1 N–H and O–H groups in total. The third kappa shape index (κ3) is 17.0. The van der Waals surface area contributed by atoms with Crippen molar-refractivity contribution < 1.29 is 21.8 Å². The molecule has 0 unspecified atom stereocenters. The Morgan fingerprint density at radius 3 is 1.85 bits per heavy atom. The van der Waals surface area contributed by atoms with Crippen LogP contribution in [0.4, 0.5) is 17.3 Å². The molecule has 1 rings (SSSR count). The monoisotopic (exact) mass is 296 g/mol. The maximum atomic E-state index is 9.75. The number of nitrogens with one attached hydrogen (secondary N) is 1. The molecule has 1 aromatic heterocycles. The standard InChI is InChI=1S/C13H24N2.BF4/c1-2-3-4-5-6-7-8-9-11-15-12-10-14-13-15;2-1(3,4)5/h10,12-13H,2-9,11H2,1H3;/q;-1/p+1. The molecule has 1 heterocycles. The van der Waals surface area contributed by atoms with Crippen molar-refractivity contribution in [3.8, 4) is 0 Å². The summed E-state index contributed by atoms with van der Waals surface area (Å²) in [6.07, 6.45) is 17.3. The summed E-state index contributed by atoms with van der Waals surface area (Å²) in [5.41, 5.74) is 0. The zero-order valence-corrected chi connectivity index (χ0v) is 12.1. The third-order valence-electron chi connectivity index (χ3n) is 2.87. The van der Waals surface area contributed by atoms with Gasteiger partial charge in [0.05, 0.1) is 6.54 Å². The van der Waals surface area contributed by atoms with Crippen molar-refractivity contribution in [3.05, 3.63) is 18.7 Å². The van der Waals surface area contributed by atoms with Crippen LogP contribution in [0.15, 0.2) is 18.7 Å². The van der Waals surface area contributed by atoms with Gasteiger partial charge in [-0.1, -0.05) is 45.4 Å². The summed E-state index contributed by atoms with van der Waals surface area (Å²) in [6, 6.07) is 0. The van der Waals surface area contributed by atoms with Gasteiger partial charge in [0.25, 0.3) is 0 Å². The fraction of sp³-hybridized carbons (Fsp3) is 0.769. The molecule has 0 bridgehead atoms. The molecule has 0 saturated heterocycles. The number of aromatic nitrogens is 2. The zero-order valence-electron chi connectivity index (χ0n) is 12.1. The number of halogens is 4. The number of H-pyrrole nitrogens is 1. The Bertz CT molecular complexity index is 296. The molecular weight excluding hydrogens is 271 g/mol. The van der Waals surface area contributed by atoms with Crippen molar-refractivity contribution in [2.24, 2.45) is 0 Å². The maximum absolute atomic E-state index is 9.75. The van der Waals surface area contributed by atoms with Crippen molar-refractivity contribution in [1.82, 2.24) is 4.98 Å². The highest BCUT2D eigenvalue weighted by Gasteiger charge is 2.20. The third-order valence-corrected chi connectivity index (χ3v) is 2.87. The van der Waals surface area contributed by atoms with E-state index in [-0.39, 0.29) is 0 Å². The van der Waals surface area contributed by atoms with Crippen LogP contribution in [0.25, 0.3) is 0 Å². The summed E-state index contributed by atoms with van der Waals surface area (Å²) < 4.78 is 41.2. The van der Waals surface area contributed by atoms with Crippen LogP contribution in [0.2, 0.25) is 0 Å². The number of aryl methyl sites for hydroxylation is 1. The van der Waals surface area contributed by atoms with Gasteiger partial charge < -0.3 is 17.3 Å². The molecule has 0 aromatic carbocycles. The van der Waals surface area contributed by atoms with E-state index < -0.39 is 7.25 Å². The molecule has 0 fully saturated rings. The first kappa shape index (κ1) is 19.0. The molecule has 1 aromatic rings. The van der Waals surface area contributed by atoms with Crippen LogP contribution in [-0.2, 0) is 6.54 Å². The van der Waals surface area contributed by atoms with Gasteiger partial charge in [0.15, 0.2) is 0 Å². The lowest BCUT2D eigenvalue weighted by Crippen LogP contribution is -2.30. The lowest BCUT2D eigenvalue weighted by molar-refractivity contribution is -0.696. The van der Waals surface area contributed by atoms with Crippen LogP contribution in [-0.4, -0.2) is 12.2 Å². The van der Waals surface area contributed by atoms with E-state index in [4.69, 9.17) is 0 Å². The van der Waals surface area contributed by atoms with Crippen molar-refractivity contribution >= 4 is 7.25 Å². The fourth-order valence-corrected chi connectivity index (χ4v) is 1.89. The van der Waals surface area contributed by atoms with E-state index in [1.54, 1.807) is 0 Å². The second-order valence-electron chi connectivity index (χ2n) is 4.82. The summed E-state index contributed by atoms with van der Waals surface area (Å²) >= 11 is 0. The molecule has 2 nitrogen and oxygen atoms in total. The number of rotatable bonds is 9. The highest BCUT2D eigenvalue weighted by molar-refractivity contribution is 6.50. The first-order valence-electron chi connectivity index (χ1n) is 7.32. The van der Waals surface area contributed by atoms with Gasteiger partial charge in [-0.2, -0.15) is 0 Å². The summed E-state index contributed by atoms with van der Waals surface area (Å²) in [7, 11) is -6.00. The van der Waals surface area contributed by atoms with E-state index in [9.17, 15) is 17.3 Å². The predicted octanol–water partition coefficient (Wildman–Crippen LogP) is 4.74. The molecule has 0 aliphatic carbocycles. The van der Waals surface area contributed by atoms with E-state index in [0.717, 1.165) is 0 Å². The Morgan fingerprint density at radius 1 is 0.900 bits per heavy atom. The number of imidazole rings is 1. The molecule has 0 spiro atoms. The molecule has 0 aliphatic heterocycles. The number of hydrogen-bond donors (Lipinski definition) is 1. The zero-order chi connectivity index (χ0) is 15.3. The topological polar surface area (TPSA) is 19.7 Å². The van der Waals surface area contributed by atoms with Crippen molar-refractivity contribution in [3.63, 3.8) is 0 Å². The van der Waals surface area contributed by atoms with Crippen molar-refractivity contribution in [2.75, 3.05) is 0 Å². The highest BCUT2D eigenvalue weighted by Crippen LogP contribution is 2.08. The number of aromatic amines is 1. The van der Waals surface area contributed by atoms with Crippen LogP contribution < -0.4 is 4.57 Å². The maximum Gasteiger partial charge on any atom is 0.673 e. The minimum absolute atomic E-state index is 1.17. The number of nitrogens with zero attached hydrogens (tertiary/aromatic N) is 1. The minimum atomic E-state index is -6.00. The van der Waals surface area contributed by atoms with E-state index in [0.29, 0.717) is 0 Å². The molecule has 0 radical (unpaired) electrons. The van der Waals surface area contributed by atoms with Crippen molar-refractivity contribution in [1.29, 1.82) is 0 Å². The fourth-order valence-electron chi connectivity index (χ4n) is 1.89. The molecule has 20 heavy (non-hydrogen) atoms. The second-order valence-corrected chi connectivity index (χ2v) is 4.82. The SMILES string of the molecule is CCCCCCCCCC[n+]1cc[nH]c1.F[B-](F)(F)F. The van der Waals surface area contributed by atoms with E-state index in [2.05, 4.69) is 22.7 Å². The lowest BCUT2D eigenvalue weighted by Gasteiger charge is -2.00. The quantitative estimate of drug-likeness (QED) is 0.294. The van der Waals surface area contributed by atoms with Gasteiger partial charge in [-0.3, -0.25) is 4.98 Å². The average molecular weight is 296 g/mol. The molecule has 0 atom stereocenters. The van der Waals surface area contributed by atoms with Gasteiger partial charge in [-0.05, 0) is 12.8 Å². The molecular formula is C13H25BF4N2. The Hall–Kier alpha value is -1.01. The van der Waals surface area contributed by atoms with Crippen LogP contribution in [0.3, 0.4) is 0 Å². The second kappa shape index (κ2) is 11.8. The summed E-state index contributed by atoms with van der Waals surface area (Å²) in [4.78, 5) is 3.07. The number of unbranched alkanes of at least 4 members (excludes halogenated alkanes) is 7. The molecule has 0 amide bonds. The summed E-state index contributed by atoms with van der Waals surface area (Å²) in [5.74, 6) is 0. The van der Waals surface area contributed by atoms with Crippen molar-refractivity contribution in [2.45, 2.75) is 64.8 Å². The summed E-state index contributed by atoms with van der Waals surface area (Å²) in [5, 5.41) is 0. The summed E-state index contributed by atoms with van der Waals surface area (Å²) in [6.45, 7) is 3.44. The Labute approximate surface area is 118 Å². The molecule has 118 valence electrons. The van der Waals surface area contributed by atoms with E-state index >= 15 is 0 Å². The predicted molar refractivity (Wildman–Crippen MR) is 73.8 cm³/mol. The normalized spacial score (nSPS) is 11.1. The minimum Gasteiger partial charge on any atom is -0.418 e. The lowest BCUT2D eigenvalue weighted by atomic mass is 10.1. The average Bonchev–Trinajstić information content (AvgIpc) is 2.83. The first-order valence-corrected chi connectivity index (χ1v) is 7.32. The highest BCUT2D eigenvalue weighted by atomic mass is 19.5. The van der Waals surface area contributed by atoms with Gasteiger partial charge in [-0.15, -0.1) is 0 Å². The Kier molecular flexibility index (Phi) is 11.2. The van der Waals surface area contributed by atoms with Crippen LogP contribution in [0.1, 0.15) is 58.3 Å². The molecule has 0 aliphatic rings. The van der Waals surface area contributed by atoms with Crippen LogP contribution >= 0.6 is 0 Å². The van der Waals surface area contributed by atoms with Gasteiger partial charge in [-0.25, -0.2) is 4.57 Å². The Balaban J connectivity index is 0.000000621. The first-order chi connectivity index (χ1) is 9.43. The van der Waals surface area contributed by atoms with E-state index in [1.807, 2.05) is 12.5 Å².